The average molecular weight is 894 g/mol. The Balaban J connectivity index is 0.000000443. The fourth-order valence-electron chi connectivity index (χ4n) is 12.0. The minimum Gasteiger partial charge on any atom is -0.392 e. The Labute approximate surface area is 386 Å². The van der Waals surface area contributed by atoms with E-state index in [4.69, 9.17) is 26.0 Å². The Hall–Kier alpha value is -3.32. The van der Waals surface area contributed by atoms with Crippen LogP contribution in [0.2, 0.25) is 0 Å². The van der Waals surface area contributed by atoms with Gasteiger partial charge in [0.15, 0.2) is 0 Å². The van der Waals surface area contributed by atoms with Crippen molar-refractivity contribution in [3.05, 3.63) is 41.5 Å². The van der Waals surface area contributed by atoms with Crippen molar-refractivity contribution in [2.75, 3.05) is 32.2 Å². The first-order chi connectivity index (χ1) is 30.4. The first kappa shape index (κ1) is 53.3. The quantitative estimate of drug-likeness (QED) is 0.0467. The zero-order valence-electron chi connectivity index (χ0n) is 40.9. The van der Waals surface area contributed by atoms with Crippen molar-refractivity contribution < 1.29 is 33.8 Å². The second-order valence-corrected chi connectivity index (χ2v) is 20.9. The number of fused-ring (bicyclic) bond motifs is 5. The Bertz CT molecular complexity index is 1670. The van der Waals surface area contributed by atoms with E-state index >= 15 is 0 Å². The highest BCUT2D eigenvalue weighted by atomic mass is 16.5. The van der Waals surface area contributed by atoms with Gasteiger partial charge in [-0.15, -0.1) is 0 Å². The maximum atomic E-state index is 12.4. The smallest absolute Gasteiger partial charge is 0.241 e. The monoisotopic (exact) mass is 894 g/mol. The van der Waals surface area contributed by atoms with Crippen LogP contribution in [0.25, 0.3) is 0 Å². The highest BCUT2D eigenvalue weighted by Gasteiger charge is 2.59. The zero-order valence-corrected chi connectivity index (χ0v) is 40.9. The Morgan fingerprint density at radius 3 is 2.30 bits per heavy atom. The highest BCUT2D eigenvalue weighted by Crippen LogP contribution is 2.67. The van der Waals surface area contributed by atoms with Gasteiger partial charge < -0.3 is 42.0 Å². The Morgan fingerprint density at radius 2 is 1.64 bits per heavy atom. The van der Waals surface area contributed by atoms with E-state index in [2.05, 4.69) is 70.5 Å². The van der Waals surface area contributed by atoms with Gasteiger partial charge in [-0.05, 0) is 128 Å². The number of carbonyl (C=O) groups is 4. The molecule has 0 spiro atoms. The zero-order chi connectivity index (χ0) is 47.0. The molecule has 362 valence electrons. The van der Waals surface area contributed by atoms with Gasteiger partial charge in [0.1, 0.15) is 0 Å². The molecule has 0 aliphatic heterocycles. The van der Waals surface area contributed by atoms with Crippen LogP contribution in [-0.4, -0.2) is 73.8 Å². The number of amides is 4. The lowest BCUT2D eigenvalue weighted by Gasteiger charge is -2.58. The fraction of sp³-hybridized carbons (Fsp3) is 0.769. The SMILES string of the molecule is CC[C@H](C)[C@@H](COC)NC(=O)CCC(=O)NCCCO[C@H]1CC[C@@]2(C)C(=CC[C@H]3[C@@H]4CC[C@H]([C@H](C)CCCC(C)C)[C@@]4(C)CC[C@@H]32)C1.NC(=O)C[C@H](N)C(=O)Nc1ccc(CO)cc1. The minimum atomic E-state index is -0.954. The molecule has 3 fully saturated rings. The number of nitrogens with two attached hydrogens (primary N) is 2. The van der Waals surface area contributed by atoms with Gasteiger partial charge in [0.05, 0.1) is 37.8 Å². The molecular formula is C52H87N5O7. The molecule has 0 radical (unpaired) electrons. The molecule has 0 bridgehead atoms. The summed E-state index contributed by atoms with van der Waals surface area (Å²) in [5, 5.41) is 17.4. The maximum Gasteiger partial charge on any atom is 0.241 e. The molecule has 0 unspecified atom stereocenters. The van der Waals surface area contributed by atoms with Crippen LogP contribution in [0.4, 0.5) is 5.69 Å². The van der Waals surface area contributed by atoms with Crippen molar-refractivity contribution >= 4 is 29.3 Å². The molecule has 3 saturated carbocycles. The molecule has 11 atom stereocenters. The lowest BCUT2D eigenvalue weighted by molar-refractivity contribution is -0.127. The van der Waals surface area contributed by atoms with E-state index in [0.29, 0.717) is 48.3 Å². The first-order valence-electron chi connectivity index (χ1n) is 24.9. The molecule has 12 nitrogen and oxygen atoms in total. The van der Waals surface area contributed by atoms with E-state index in [0.717, 1.165) is 66.8 Å². The molecule has 4 aliphatic rings. The number of methoxy groups -OCH3 is 1. The number of benzene rings is 1. The lowest BCUT2D eigenvalue weighted by atomic mass is 9.47. The summed E-state index contributed by atoms with van der Waals surface area (Å²) in [7, 11) is 1.65. The number of rotatable bonds is 23. The average Bonchev–Trinajstić information content (AvgIpc) is 3.62. The second-order valence-electron chi connectivity index (χ2n) is 20.9. The van der Waals surface area contributed by atoms with Gasteiger partial charge >= 0.3 is 0 Å². The summed E-state index contributed by atoms with van der Waals surface area (Å²) in [5.41, 5.74) is 14.3. The van der Waals surface area contributed by atoms with Crippen molar-refractivity contribution in [2.24, 2.45) is 63.7 Å². The summed E-state index contributed by atoms with van der Waals surface area (Å²) >= 11 is 0. The van der Waals surface area contributed by atoms with E-state index in [1.807, 2.05) is 0 Å². The number of ether oxygens (including phenoxy) is 2. The lowest BCUT2D eigenvalue weighted by Crippen LogP contribution is -2.51. The van der Waals surface area contributed by atoms with Crippen LogP contribution in [0, 0.1) is 52.3 Å². The van der Waals surface area contributed by atoms with E-state index in [9.17, 15) is 19.2 Å². The number of allylic oxidation sites excluding steroid dienone is 1. The first-order valence-corrected chi connectivity index (χ1v) is 24.9. The summed E-state index contributed by atoms with van der Waals surface area (Å²) in [4.78, 5) is 46.8. The van der Waals surface area contributed by atoms with E-state index in [1.54, 1.807) is 36.9 Å². The summed E-state index contributed by atoms with van der Waals surface area (Å²) in [5.74, 6) is 4.31. The van der Waals surface area contributed by atoms with Crippen LogP contribution in [0.1, 0.15) is 157 Å². The Morgan fingerprint density at radius 1 is 0.922 bits per heavy atom. The number of primary amides is 1. The van der Waals surface area contributed by atoms with E-state index in [-0.39, 0.29) is 43.7 Å². The number of aliphatic hydroxyl groups is 1. The molecule has 0 saturated heterocycles. The van der Waals surface area contributed by atoms with Crippen molar-refractivity contribution in [3.63, 3.8) is 0 Å². The van der Waals surface area contributed by atoms with Crippen LogP contribution in [0.15, 0.2) is 35.9 Å². The number of hydrogen-bond acceptors (Lipinski definition) is 8. The van der Waals surface area contributed by atoms with Gasteiger partial charge in [0.25, 0.3) is 0 Å². The van der Waals surface area contributed by atoms with Crippen LogP contribution in [0.3, 0.4) is 0 Å². The molecule has 0 heterocycles. The van der Waals surface area contributed by atoms with Crippen LogP contribution < -0.4 is 27.4 Å². The van der Waals surface area contributed by atoms with Crippen LogP contribution in [0.5, 0.6) is 0 Å². The van der Waals surface area contributed by atoms with Gasteiger partial charge in [0.2, 0.25) is 23.6 Å². The molecule has 1 aromatic rings. The molecular weight excluding hydrogens is 807 g/mol. The van der Waals surface area contributed by atoms with Crippen molar-refractivity contribution in [2.45, 2.75) is 176 Å². The van der Waals surface area contributed by atoms with Gasteiger partial charge in [0, 0.05) is 38.8 Å². The largest absolute Gasteiger partial charge is 0.392 e. The number of hydrogen-bond donors (Lipinski definition) is 6. The minimum absolute atomic E-state index is 0.0160. The Kier molecular flexibility index (Phi) is 21.3. The van der Waals surface area contributed by atoms with E-state index in [1.165, 1.54) is 57.8 Å². The third kappa shape index (κ3) is 14.8. The standard InChI is InChI=1S/C41H72N2O4.C11H15N3O3/c1-9-29(4)37(27-46-8)43-39(45)19-18-38(44)42-24-11-25-47-32-20-22-40(6)31(26-32)14-15-33-35-17-16-34(30(5)13-10-12-28(2)3)41(35,7)23-21-36(33)40;12-9(5-10(13)16)11(17)14-8-3-1-7(6-15)2-4-8/h14,28-30,32-37H,9-13,15-27H2,1-8H3,(H,42,44)(H,43,45);1-4,9,15H,5-6,12H2,(H2,13,16)(H,14,17)/t29-,30+,32-,33-,34+,35-,36-,37+,40-,41+;9-/m00/s1. The number of aliphatic hydroxyl groups excluding tert-OH is 1. The van der Waals surface area contributed by atoms with Crippen molar-refractivity contribution in [3.8, 4) is 0 Å². The normalized spacial score (nSPS) is 27.9. The van der Waals surface area contributed by atoms with Gasteiger partial charge in [-0.25, -0.2) is 0 Å². The third-order valence-electron chi connectivity index (χ3n) is 16.0. The highest BCUT2D eigenvalue weighted by molar-refractivity contribution is 5.97. The predicted octanol–water partition coefficient (Wildman–Crippen LogP) is 8.20. The van der Waals surface area contributed by atoms with Crippen molar-refractivity contribution in [1.82, 2.24) is 10.6 Å². The van der Waals surface area contributed by atoms with Crippen LogP contribution in [-0.2, 0) is 35.3 Å². The molecule has 12 heteroatoms. The molecule has 5 rings (SSSR count). The second kappa shape index (κ2) is 25.6. The molecule has 4 aliphatic carbocycles. The molecule has 0 aromatic heterocycles. The molecule has 1 aromatic carbocycles. The summed E-state index contributed by atoms with van der Waals surface area (Å²) < 4.78 is 11.7. The molecule has 4 amide bonds. The van der Waals surface area contributed by atoms with Gasteiger partial charge in [-0.3, -0.25) is 19.2 Å². The topological polar surface area (TPSA) is 195 Å². The van der Waals surface area contributed by atoms with Crippen molar-refractivity contribution in [1.29, 1.82) is 0 Å². The van der Waals surface area contributed by atoms with E-state index < -0.39 is 17.9 Å². The predicted molar refractivity (Wildman–Crippen MR) is 256 cm³/mol. The van der Waals surface area contributed by atoms with Gasteiger partial charge in [-0.1, -0.05) is 97.9 Å². The number of anilines is 1. The maximum absolute atomic E-state index is 12.4. The summed E-state index contributed by atoms with van der Waals surface area (Å²) in [6.45, 7) is 18.5. The summed E-state index contributed by atoms with van der Waals surface area (Å²) in [6, 6.07) is 5.66. The fourth-order valence-corrected chi connectivity index (χ4v) is 12.0. The number of nitrogens with one attached hydrogen (secondary N) is 3. The van der Waals surface area contributed by atoms with Gasteiger partial charge in [-0.2, -0.15) is 0 Å². The van der Waals surface area contributed by atoms with Crippen LogP contribution >= 0.6 is 0 Å². The molecule has 64 heavy (non-hydrogen) atoms. The molecule has 8 N–H and O–H groups in total. The third-order valence-corrected chi connectivity index (χ3v) is 16.0. The summed E-state index contributed by atoms with van der Waals surface area (Å²) in [6.07, 6.45) is 19.7. The number of carbonyl (C=O) groups excluding carboxylic acids is 4.